The molecular formula is C21H25ClN2O3. The monoisotopic (exact) mass is 388 g/mol. The van der Waals surface area contributed by atoms with Crippen LogP contribution in [0.3, 0.4) is 0 Å². The summed E-state index contributed by atoms with van der Waals surface area (Å²) in [7, 11) is 1.64. The van der Waals surface area contributed by atoms with Gasteiger partial charge in [0.15, 0.2) is 0 Å². The van der Waals surface area contributed by atoms with Crippen molar-refractivity contribution in [3.63, 3.8) is 0 Å². The van der Waals surface area contributed by atoms with E-state index < -0.39 is 0 Å². The fourth-order valence-corrected chi connectivity index (χ4v) is 3.34. The zero-order chi connectivity index (χ0) is 19.1. The number of ether oxygens (including phenoxy) is 2. The standard InChI is InChI=1S/C21H25ClN2O3/c1-26-17-6-4-16(5-7-17)15-27-18-8-9-19(20(22)14-18)21(25)23-10-13-24-11-2-3-12-24/h4-9,14H,2-3,10-13,15H2,1H3,(H,23,25). The molecule has 2 aromatic carbocycles. The highest BCUT2D eigenvalue weighted by atomic mass is 35.5. The molecule has 27 heavy (non-hydrogen) atoms. The number of methoxy groups -OCH3 is 1. The summed E-state index contributed by atoms with van der Waals surface area (Å²) in [6, 6.07) is 12.8. The zero-order valence-corrected chi connectivity index (χ0v) is 16.3. The fourth-order valence-electron chi connectivity index (χ4n) is 3.09. The third-order valence-electron chi connectivity index (χ3n) is 4.66. The van der Waals surface area contributed by atoms with Gasteiger partial charge >= 0.3 is 0 Å². The summed E-state index contributed by atoms with van der Waals surface area (Å²) in [5.41, 5.74) is 1.49. The minimum absolute atomic E-state index is 0.152. The molecule has 0 bridgehead atoms. The predicted molar refractivity (Wildman–Crippen MR) is 107 cm³/mol. The summed E-state index contributed by atoms with van der Waals surface area (Å²) >= 11 is 6.28. The van der Waals surface area contributed by atoms with E-state index in [1.165, 1.54) is 12.8 Å². The molecule has 1 saturated heterocycles. The van der Waals surface area contributed by atoms with Gasteiger partial charge in [-0.15, -0.1) is 0 Å². The van der Waals surface area contributed by atoms with E-state index in [0.29, 0.717) is 29.5 Å². The average molecular weight is 389 g/mol. The van der Waals surface area contributed by atoms with Gasteiger partial charge in [0.1, 0.15) is 18.1 Å². The van der Waals surface area contributed by atoms with Crippen LogP contribution >= 0.6 is 11.6 Å². The molecular weight excluding hydrogens is 364 g/mol. The Morgan fingerprint density at radius 3 is 2.48 bits per heavy atom. The number of hydrogen-bond donors (Lipinski definition) is 1. The number of carbonyl (C=O) groups excluding carboxylic acids is 1. The van der Waals surface area contributed by atoms with Gasteiger partial charge in [-0.1, -0.05) is 23.7 Å². The largest absolute Gasteiger partial charge is 0.497 e. The number of rotatable bonds is 8. The van der Waals surface area contributed by atoms with Gasteiger partial charge < -0.3 is 19.7 Å². The molecule has 0 unspecified atom stereocenters. The molecule has 0 atom stereocenters. The first-order valence-corrected chi connectivity index (χ1v) is 9.59. The quantitative estimate of drug-likeness (QED) is 0.748. The predicted octanol–water partition coefficient (Wildman–Crippen LogP) is 3.75. The Balaban J connectivity index is 1.50. The van der Waals surface area contributed by atoms with Crippen molar-refractivity contribution in [3.05, 3.63) is 58.6 Å². The highest BCUT2D eigenvalue weighted by Gasteiger charge is 2.14. The Morgan fingerprint density at radius 2 is 1.81 bits per heavy atom. The second kappa shape index (κ2) is 9.62. The van der Waals surface area contributed by atoms with Gasteiger partial charge in [0, 0.05) is 13.1 Å². The van der Waals surface area contributed by atoms with E-state index in [9.17, 15) is 4.79 Å². The summed E-state index contributed by atoms with van der Waals surface area (Å²) in [4.78, 5) is 14.7. The molecule has 1 heterocycles. The van der Waals surface area contributed by atoms with Crippen molar-refractivity contribution >= 4 is 17.5 Å². The Bertz CT molecular complexity index is 759. The van der Waals surface area contributed by atoms with Crippen molar-refractivity contribution in [2.45, 2.75) is 19.4 Å². The van der Waals surface area contributed by atoms with Crippen molar-refractivity contribution in [1.29, 1.82) is 0 Å². The lowest BCUT2D eigenvalue weighted by Gasteiger charge is -2.15. The Labute approximate surface area is 165 Å². The summed E-state index contributed by atoms with van der Waals surface area (Å²) in [6.45, 7) is 4.17. The molecule has 0 aliphatic carbocycles. The van der Waals surface area contributed by atoms with Crippen molar-refractivity contribution in [2.75, 3.05) is 33.3 Å². The van der Waals surface area contributed by atoms with E-state index in [2.05, 4.69) is 10.2 Å². The van der Waals surface area contributed by atoms with Crippen LogP contribution in [-0.2, 0) is 6.61 Å². The number of nitrogens with zero attached hydrogens (tertiary/aromatic N) is 1. The minimum atomic E-state index is -0.152. The van der Waals surface area contributed by atoms with Gasteiger partial charge in [0.2, 0.25) is 0 Å². The smallest absolute Gasteiger partial charge is 0.252 e. The maximum Gasteiger partial charge on any atom is 0.252 e. The van der Waals surface area contributed by atoms with Gasteiger partial charge in [-0.25, -0.2) is 0 Å². The molecule has 5 nitrogen and oxygen atoms in total. The molecule has 0 aromatic heterocycles. The molecule has 6 heteroatoms. The second-order valence-corrected chi connectivity index (χ2v) is 6.99. The lowest BCUT2D eigenvalue weighted by atomic mass is 10.2. The Hall–Kier alpha value is -2.24. The normalized spacial score (nSPS) is 14.1. The van der Waals surface area contributed by atoms with Crippen LogP contribution in [-0.4, -0.2) is 44.1 Å². The minimum Gasteiger partial charge on any atom is -0.497 e. The molecule has 1 aliphatic rings. The molecule has 1 aliphatic heterocycles. The maximum absolute atomic E-state index is 12.3. The topological polar surface area (TPSA) is 50.8 Å². The van der Waals surface area contributed by atoms with Crippen molar-refractivity contribution in [3.8, 4) is 11.5 Å². The van der Waals surface area contributed by atoms with Gasteiger partial charge in [-0.3, -0.25) is 4.79 Å². The number of halogens is 1. The highest BCUT2D eigenvalue weighted by molar-refractivity contribution is 6.34. The lowest BCUT2D eigenvalue weighted by molar-refractivity contribution is 0.0950. The van der Waals surface area contributed by atoms with E-state index in [0.717, 1.165) is 30.9 Å². The van der Waals surface area contributed by atoms with E-state index in [4.69, 9.17) is 21.1 Å². The van der Waals surface area contributed by atoms with Crippen LogP contribution in [0, 0.1) is 0 Å². The molecule has 1 N–H and O–H groups in total. The van der Waals surface area contributed by atoms with Crippen LogP contribution in [0.4, 0.5) is 0 Å². The molecule has 144 valence electrons. The third-order valence-corrected chi connectivity index (χ3v) is 4.97. The number of nitrogens with one attached hydrogen (secondary N) is 1. The van der Waals surface area contributed by atoms with E-state index >= 15 is 0 Å². The number of likely N-dealkylation sites (tertiary alicyclic amines) is 1. The summed E-state index contributed by atoms with van der Waals surface area (Å²) < 4.78 is 10.9. The van der Waals surface area contributed by atoms with E-state index in [-0.39, 0.29) is 5.91 Å². The number of amides is 1. The first-order valence-electron chi connectivity index (χ1n) is 9.21. The number of carbonyl (C=O) groups is 1. The Kier molecular flexibility index (Phi) is 6.96. The molecule has 1 fully saturated rings. The molecule has 0 spiro atoms. The molecule has 1 amide bonds. The van der Waals surface area contributed by atoms with Gasteiger partial charge in [0.05, 0.1) is 17.7 Å². The Morgan fingerprint density at radius 1 is 1.11 bits per heavy atom. The number of hydrogen-bond acceptors (Lipinski definition) is 4. The molecule has 2 aromatic rings. The fraction of sp³-hybridized carbons (Fsp3) is 0.381. The first-order chi connectivity index (χ1) is 13.2. The van der Waals surface area contributed by atoms with Crippen LogP contribution in [0.1, 0.15) is 28.8 Å². The van der Waals surface area contributed by atoms with Crippen molar-refractivity contribution < 1.29 is 14.3 Å². The maximum atomic E-state index is 12.3. The summed E-state index contributed by atoms with van der Waals surface area (Å²) in [5.74, 6) is 1.28. The van der Waals surface area contributed by atoms with Crippen LogP contribution in [0.5, 0.6) is 11.5 Å². The van der Waals surface area contributed by atoms with Crippen LogP contribution < -0.4 is 14.8 Å². The summed E-state index contributed by atoms with van der Waals surface area (Å²) in [5, 5.41) is 3.33. The van der Waals surface area contributed by atoms with Crippen molar-refractivity contribution in [2.24, 2.45) is 0 Å². The molecule has 0 saturated carbocycles. The van der Waals surface area contributed by atoms with Crippen LogP contribution in [0.2, 0.25) is 5.02 Å². The van der Waals surface area contributed by atoms with Gasteiger partial charge in [0.25, 0.3) is 5.91 Å². The van der Waals surface area contributed by atoms with Crippen molar-refractivity contribution in [1.82, 2.24) is 10.2 Å². The van der Waals surface area contributed by atoms with Gasteiger partial charge in [-0.05, 0) is 61.8 Å². The second-order valence-electron chi connectivity index (χ2n) is 6.58. The first kappa shape index (κ1) is 19.5. The SMILES string of the molecule is COc1ccc(COc2ccc(C(=O)NCCN3CCCC3)c(Cl)c2)cc1. The third kappa shape index (κ3) is 5.62. The van der Waals surface area contributed by atoms with E-state index in [1.807, 2.05) is 24.3 Å². The van der Waals surface area contributed by atoms with Crippen LogP contribution in [0.25, 0.3) is 0 Å². The lowest BCUT2D eigenvalue weighted by Crippen LogP contribution is -2.33. The van der Waals surface area contributed by atoms with Crippen LogP contribution in [0.15, 0.2) is 42.5 Å². The summed E-state index contributed by atoms with van der Waals surface area (Å²) in [6.07, 6.45) is 2.50. The average Bonchev–Trinajstić information content (AvgIpc) is 3.20. The van der Waals surface area contributed by atoms with E-state index in [1.54, 1.807) is 25.3 Å². The highest BCUT2D eigenvalue weighted by Crippen LogP contribution is 2.23. The molecule has 3 rings (SSSR count). The molecule has 0 radical (unpaired) electrons. The number of benzene rings is 2. The van der Waals surface area contributed by atoms with Gasteiger partial charge in [-0.2, -0.15) is 0 Å². The zero-order valence-electron chi connectivity index (χ0n) is 15.5.